The SMILES string of the molecule is CC1(C)CC[C@@H](CN2CCC(OC[C@H]3CCCCO3)CC2)O1. The average Bonchev–Trinajstić information content (AvgIpc) is 2.86. The van der Waals surface area contributed by atoms with Gasteiger partial charge in [0.1, 0.15) is 0 Å². The van der Waals surface area contributed by atoms with Crippen molar-refractivity contribution in [1.82, 2.24) is 4.90 Å². The number of ether oxygens (including phenoxy) is 3. The lowest BCUT2D eigenvalue weighted by Crippen LogP contribution is -2.42. The molecule has 0 spiro atoms. The highest BCUT2D eigenvalue weighted by molar-refractivity contribution is 4.84. The Bertz CT molecular complexity index is 333. The predicted molar refractivity (Wildman–Crippen MR) is 87.2 cm³/mol. The zero-order chi connectivity index (χ0) is 15.4. The molecular weight excluding hydrogens is 278 g/mol. The molecule has 3 fully saturated rings. The maximum Gasteiger partial charge on any atom is 0.0808 e. The van der Waals surface area contributed by atoms with Crippen molar-refractivity contribution in [3.63, 3.8) is 0 Å². The van der Waals surface area contributed by atoms with Gasteiger partial charge in [0, 0.05) is 26.2 Å². The Morgan fingerprint density at radius 1 is 1.05 bits per heavy atom. The van der Waals surface area contributed by atoms with Crippen molar-refractivity contribution in [2.24, 2.45) is 0 Å². The first-order valence-electron chi connectivity index (χ1n) is 9.24. The molecule has 0 aromatic heterocycles. The van der Waals surface area contributed by atoms with Gasteiger partial charge in [-0.25, -0.2) is 0 Å². The van der Waals surface area contributed by atoms with Crippen molar-refractivity contribution in [2.45, 2.75) is 82.7 Å². The van der Waals surface area contributed by atoms with Crippen LogP contribution in [-0.4, -0.2) is 61.7 Å². The first-order chi connectivity index (χ1) is 10.6. The second-order valence-electron chi connectivity index (χ2n) is 7.86. The summed E-state index contributed by atoms with van der Waals surface area (Å²) in [5.74, 6) is 0. The van der Waals surface area contributed by atoms with Crippen molar-refractivity contribution in [3.8, 4) is 0 Å². The molecule has 0 amide bonds. The molecule has 0 unspecified atom stereocenters. The van der Waals surface area contributed by atoms with E-state index in [2.05, 4.69) is 18.7 Å². The summed E-state index contributed by atoms with van der Waals surface area (Å²) in [6, 6.07) is 0. The van der Waals surface area contributed by atoms with Crippen molar-refractivity contribution in [3.05, 3.63) is 0 Å². The number of nitrogens with zero attached hydrogens (tertiary/aromatic N) is 1. The second kappa shape index (κ2) is 7.61. The summed E-state index contributed by atoms with van der Waals surface area (Å²) in [6.07, 6.45) is 9.62. The molecule has 22 heavy (non-hydrogen) atoms. The summed E-state index contributed by atoms with van der Waals surface area (Å²) >= 11 is 0. The van der Waals surface area contributed by atoms with Crippen LogP contribution in [0.2, 0.25) is 0 Å². The maximum atomic E-state index is 6.12. The van der Waals surface area contributed by atoms with Crippen LogP contribution in [-0.2, 0) is 14.2 Å². The van der Waals surface area contributed by atoms with Gasteiger partial charge >= 0.3 is 0 Å². The van der Waals surface area contributed by atoms with Gasteiger partial charge in [0.15, 0.2) is 0 Å². The van der Waals surface area contributed by atoms with E-state index in [9.17, 15) is 0 Å². The average molecular weight is 311 g/mol. The lowest BCUT2D eigenvalue weighted by Gasteiger charge is -2.34. The van der Waals surface area contributed by atoms with Crippen LogP contribution in [0.15, 0.2) is 0 Å². The highest BCUT2D eigenvalue weighted by Gasteiger charge is 2.33. The Morgan fingerprint density at radius 3 is 2.50 bits per heavy atom. The van der Waals surface area contributed by atoms with Gasteiger partial charge in [0.2, 0.25) is 0 Å². The molecule has 4 nitrogen and oxygen atoms in total. The summed E-state index contributed by atoms with van der Waals surface area (Å²) in [5.41, 5.74) is 0.0894. The zero-order valence-electron chi connectivity index (χ0n) is 14.4. The lowest BCUT2D eigenvalue weighted by atomic mass is 10.0. The summed E-state index contributed by atoms with van der Waals surface area (Å²) in [4.78, 5) is 2.56. The Labute approximate surface area is 135 Å². The zero-order valence-corrected chi connectivity index (χ0v) is 14.4. The fourth-order valence-electron chi connectivity index (χ4n) is 3.93. The Kier molecular flexibility index (Phi) is 5.77. The van der Waals surface area contributed by atoms with Crippen molar-refractivity contribution < 1.29 is 14.2 Å². The molecule has 0 bridgehead atoms. The number of hydrogen-bond acceptors (Lipinski definition) is 4. The molecule has 4 heteroatoms. The van der Waals surface area contributed by atoms with Gasteiger partial charge < -0.3 is 19.1 Å². The summed E-state index contributed by atoms with van der Waals surface area (Å²) in [5, 5.41) is 0. The van der Waals surface area contributed by atoms with Gasteiger partial charge in [-0.15, -0.1) is 0 Å². The fourth-order valence-corrected chi connectivity index (χ4v) is 3.93. The van der Waals surface area contributed by atoms with Crippen molar-refractivity contribution in [2.75, 3.05) is 32.8 Å². The normalized spacial score (nSPS) is 34.1. The van der Waals surface area contributed by atoms with Gasteiger partial charge in [-0.3, -0.25) is 0 Å². The minimum absolute atomic E-state index is 0.0894. The van der Waals surface area contributed by atoms with E-state index >= 15 is 0 Å². The van der Waals surface area contributed by atoms with Crippen LogP contribution >= 0.6 is 0 Å². The van der Waals surface area contributed by atoms with Gasteiger partial charge in [0.25, 0.3) is 0 Å². The van der Waals surface area contributed by atoms with Crippen LogP contribution in [0.5, 0.6) is 0 Å². The molecule has 0 aliphatic carbocycles. The standard InChI is InChI=1S/C18H33NO3/c1-18(2)9-6-16(22-18)13-19-10-7-15(8-11-19)21-14-17-5-3-4-12-20-17/h15-17H,3-14H2,1-2H3/t16-,17+/m0/s1. The number of hydrogen-bond donors (Lipinski definition) is 0. The van der Waals surface area contributed by atoms with Crippen LogP contribution in [0, 0.1) is 0 Å². The van der Waals surface area contributed by atoms with Crippen LogP contribution in [0.3, 0.4) is 0 Å². The van der Waals surface area contributed by atoms with Crippen LogP contribution in [0.1, 0.15) is 58.8 Å². The number of likely N-dealkylation sites (tertiary alicyclic amines) is 1. The maximum absolute atomic E-state index is 6.12. The third kappa shape index (κ3) is 4.92. The van der Waals surface area contributed by atoms with Crippen LogP contribution < -0.4 is 0 Å². The van der Waals surface area contributed by atoms with E-state index < -0.39 is 0 Å². The molecule has 0 saturated carbocycles. The Hall–Kier alpha value is -0.160. The first-order valence-corrected chi connectivity index (χ1v) is 9.24. The molecule has 3 rings (SSSR count). The van der Waals surface area contributed by atoms with Crippen LogP contribution in [0.25, 0.3) is 0 Å². The van der Waals surface area contributed by atoms with E-state index in [1.165, 1.54) is 32.1 Å². The topological polar surface area (TPSA) is 30.9 Å². The summed E-state index contributed by atoms with van der Waals surface area (Å²) in [7, 11) is 0. The third-order valence-electron chi connectivity index (χ3n) is 5.34. The minimum atomic E-state index is 0.0894. The van der Waals surface area contributed by atoms with Crippen molar-refractivity contribution >= 4 is 0 Å². The molecule has 0 aromatic rings. The molecule has 0 N–H and O–H groups in total. The minimum Gasteiger partial charge on any atom is -0.376 e. The van der Waals surface area contributed by atoms with Gasteiger partial charge in [0.05, 0.1) is 30.5 Å². The van der Waals surface area contributed by atoms with E-state index in [0.717, 1.165) is 45.7 Å². The second-order valence-corrected chi connectivity index (χ2v) is 7.86. The Balaban J connectivity index is 1.30. The molecule has 128 valence electrons. The molecule has 0 aromatic carbocycles. The highest BCUT2D eigenvalue weighted by Crippen LogP contribution is 2.30. The number of rotatable bonds is 5. The van der Waals surface area contributed by atoms with E-state index in [1.807, 2.05) is 0 Å². The molecule has 3 aliphatic rings. The molecule has 2 atom stereocenters. The molecule has 3 heterocycles. The monoisotopic (exact) mass is 311 g/mol. The quantitative estimate of drug-likeness (QED) is 0.781. The first kappa shape index (κ1) is 16.7. The summed E-state index contributed by atoms with van der Waals surface area (Å²) < 4.78 is 18.0. The third-order valence-corrected chi connectivity index (χ3v) is 5.34. The van der Waals surface area contributed by atoms with E-state index in [4.69, 9.17) is 14.2 Å². The molecular formula is C18H33NO3. The largest absolute Gasteiger partial charge is 0.376 e. The van der Waals surface area contributed by atoms with Crippen molar-refractivity contribution in [1.29, 1.82) is 0 Å². The van der Waals surface area contributed by atoms with E-state index in [-0.39, 0.29) is 5.60 Å². The molecule has 3 aliphatic heterocycles. The van der Waals surface area contributed by atoms with E-state index in [0.29, 0.717) is 18.3 Å². The number of piperidine rings is 1. The molecule has 3 saturated heterocycles. The lowest BCUT2D eigenvalue weighted by molar-refractivity contribution is -0.0795. The van der Waals surface area contributed by atoms with Gasteiger partial charge in [-0.05, 0) is 58.8 Å². The smallest absolute Gasteiger partial charge is 0.0808 e. The van der Waals surface area contributed by atoms with E-state index in [1.54, 1.807) is 0 Å². The molecule has 0 radical (unpaired) electrons. The summed E-state index contributed by atoms with van der Waals surface area (Å²) in [6.45, 7) is 9.53. The predicted octanol–water partition coefficient (Wildman–Crippen LogP) is 2.99. The highest BCUT2D eigenvalue weighted by atomic mass is 16.5. The Morgan fingerprint density at radius 2 is 1.86 bits per heavy atom. The fraction of sp³-hybridized carbons (Fsp3) is 1.00. The van der Waals surface area contributed by atoms with Gasteiger partial charge in [-0.2, -0.15) is 0 Å². The van der Waals surface area contributed by atoms with Crippen LogP contribution in [0.4, 0.5) is 0 Å². The van der Waals surface area contributed by atoms with Gasteiger partial charge in [-0.1, -0.05) is 0 Å².